The molecule has 0 spiro atoms. The molecule has 0 saturated carbocycles. The van der Waals surface area contributed by atoms with Crippen LogP contribution in [-0.4, -0.2) is 39.5 Å². The summed E-state index contributed by atoms with van der Waals surface area (Å²) in [5.74, 6) is 0.276. The van der Waals surface area contributed by atoms with Gasteiger partial charge in [0.05, 0.1) is 11.5 Å². The summed E-state index contributed by atoms with van der Waals surface area (Å²) in [6, 6.07) is 5.14. The molecule has 1 aliphatic rings. The van der Waals surface area contributed by atoms with Crippen molar-refractivity contribution in [3.8, 4) is 0 Å². The molecule has 1 unspecified atom stereocenters. The molecule has 2 N–H and O–H groups in total. The number of hydrogen-bond acceptors (Lipinski definition) is 4. The van der Waals surface area contributed by atoms with Crippen LogP contribution >= 0.6 is 0 Å². The minimum Gasteiger partial charge on any atom is -0.381 e. The molecule has 1 atom stereocenters. The fraction of sp³-hybridized carbons (Fsp3) is 0.600. The Morgan fingerprint density at radius 3 is 2.81 bits per heavy atom. The van der Waals surface area contributed by atoms with E-state index in [0.717, 1.165) is 30.6 Å². The molecule has 0 amide bonds. The van der Waals surface area contributed by atoms with Crippen LogP contribution in [0.3, 0.4) is 0 Å². The molecule has 1 aliphatic heterocycles. The second kappa shape index (κ2) is 6.87. The summed E-state index contributed by atoms with van der Waals surface area (Å²) >= 11 is 0. The molecule has 2 rings (SSSR count). The summed E-state index contributed by atoms with van der Waals surface area (Å²) in [7, 11) is -1.83. The van der Waals surface area contributed by atoms with Gasteiger partial charge in [-0.25, -0.2) is 12.7 Å². The first kappa shape index (κ1) is 16.4. The molecule has 0 aromatic heterocycles. The van der Waals surface area contributed by atoms with E-state index in [1.165, 1.54) is 4.31 Å². The standard InChI is InChI=1S/C15H24N2O3S/c1-12-5-6-15(8-14(12)9-16)21(18,19)17(2)10-13-4-3-7-20-11-13/h5-6,8,13H,3-4,7,9-11,16H2,1-2H3. The lowest BCUT2D eigenvalue weighted by atomic mass is 10.0. The molecule has 118 valence electrons. The molecular weight excluding hydrogens is 288 g/mol. The average molecular weight is 312 g/mol. The molecule has 1 aromatic carbocycles. The lowest BCUT2D eigenvalue weighted by Gasteiger charge is -2.26. The molecule has 21 heavy (non-hydrogen) atoms. The third-order valence-corrected chi connectivity index (χ3v) is 5.84. The maximum Gasteiger partial charge on any atom is 0.242 e. The van der Waals surface area contributed by atoms with Gasteiger partial charge in [0, 0.05) is 26.7 Å². The lowest BCUT2D eigenvalue weighted by molar-refractivity contribution is 0.0495. The summed E-state index contributed by atoms with van der Waals surface area (Å²) in [6.07, 6.45) is 2.02. The number of rotatable bonds is 5. The fourth-order valence-electron chi connectivity index (χ4n) is 2.62. The fourth-order valence-corrected chi connectivity index (χ4v) is 3.92. The summed E-state index contributed by atoms with van der Waals surface area (Å²) in [5.41, 5.74) is 7.54. The van der Waals surface area contributed by atoms with Crippen molar-refractivity contribution in [2.45, 2.75) is 31.2 Å². The van der Waals surface area contributed by atoms with Gasteiger partial charge in [0.15, 0.2) is 0 Å². The Bertz CT molecular complexity index is 581. The summed E-state index contributed by atoms with van der Waals surface area (Å²) in [5, 5.41) is 0. The highest BCUT2D eigenvalue weighted by Crippen LogP contribution is 2.21. The third-order valence-electron chi connectivity index (χ3n) is 4.02. The highest BCUT2D eigenvalue weighted by atomic mass is 32.2. The molecule has 1 aromatic rings. The van der Waals surface area contributed by atoms with Crippen LogP contribution in [0.15, 0.2) is 23.1 Å². The van der Waals surface area contributed by atoms with E-state index >= 15 is 0 Å². The van der Waals surface area contributed by atoms with Crippen molar-refractivity contribution in [1.29, 1.82) is 0 Å². The largest absolute Gasteiger partial charge is 0.381 e. The number of hydrogen-bond donors (Lipinski definition) is 1. The summed E-state index contributed by atoms with van der Waals surface area (Å²) in [4.78, 5) is 0.313. The number of ether oxygens (including phenoxy) is 1. The van der Waals surface area contributed by atoms with Crippen molar-refractivity contribution >= 4 is 10.0 Å². The van der Waals surface area contributed by atoms with Crippen molar-refractivity contribution in [1.82, 2.24) is 4.31 Å². The SMILES string of the molecule is Cc1ccc(S(=O)(=O)N(C)CC2CCCOC2)cc1CN. The van der Waals surface area contributed by atoms with Crippen LogP contribution in [0.2, 0.25) is 0 Å². The molecule has 5 nitrogen and oxygen atoms in total. The molecule has 0 aliphatic carbocycles. The van der Waals surface area contributed by atoms with E-state index in [0.29, 0.717) is 24.6 Å². The van der Waals surface area contributed by atoms with Gasteiger partial charge in [0.1, 0.15) is 0 Å². The molecular formula is C15H24N2O3S. The first-order chi connectivity index (χ1) is 9.95. The van der Waals surface area contributed by atoms with Gasteiger partial charge in [-0.1, -0.05) is 6.07 Å². The van der Waals surface area contributed by atoms with Crippen LogP contribution in [-0.2, 0) is 21.3 Å². The minimum atomic E-state index is -3.47. The first-order valence-corrected chi connectivity index (χ1v) is 8.73. The van der Waals surface area contributed by atoms with Crippen molar-refractivity contribution in [2.24, 2.45) is 11.7 Å². The van der Waals surface area contributed by atoms with Crippen molar-refractivity contribution in [3.63, 3.8) is 0 Å². The highest BCUT2D eigenvalue weighted by Gasteiger charge is 2.25. The Morgan fingerprint density at radius 1 is 1.43 bits per heavy atom. The molecule has 0 radical (unpaired) electrons. The second-order valence-electron chi connectivity index (χ2n) is 5.66. The zero-order valence-corrected chi connectivity index (χ0v) is 13.5. The van der Waals surface area contributed by atoms with E-state index in [4.69, 9.17) is 10.5 Å². The average Bonchev–Trinajstić information content (AvgIpc) is 2.48. The van der Waals surface area contributed by atoms with Crippen LogP contribution < -0.4 is 5.73 Å². The van der Waals surface area contributed by atoms with Crippen molar-refractivity contribution in [2.75, 3.05) is 26.8 Å². The van der Waals surface area contributed by atoms with E-state index in [9.17, 15) is 8.42 Å². The molecule has 1 heterocycles. The van der Waals surface area contributed by atoms with E-state index in [1.807, 2.05) is 13.0 Å². The Balaban J connectivity index is 2.16. The van der Waals surface area contributed by atoms with Gasteiger partial charge in [0.2, 0.25) is 10.0 Å². The maximum absolute atomic E-state index is 12.6. The Kier molecular flexibility index (Phi) is 5.37. The monoisotopic (exact) mass is 312 g/mol. The number of nitrogens with two attached hydrogens (primary N) is 1. The van der Waals surface area contributed by atoms with E-state index in [-0.39, 0.29) is 5.92 Å². The van der Waals surface area contributed by atoms with E-state index in [1.54, 1.807) is 19.2 Å². The van der Waals surface area contributed by atoms with E-state index < -0.39 is 10.0 Å². The molecule has 0 bridgehead atoms. The highest BCUT2D eigenvalue weighted by molar-refractivity contribution is 7.89. The predicted octanol–water partition coefficient (Wildman–Crippen LogP) is 1.50. The second-order valence-corrected chi connectivity index (χ2v) is 7.71. The van der Waals surface area contributed by atoms with Gasteiger partial charge in [-0.15, -0.1) is 0 Å². The van der Waals surface area contributed by atoms with Crippen molar-refractivity contribution < 1.29 is 13.2 Å². The number of nitrogens with zero attached hydrogens (tertiary/aromatic N) is 1. The Labute approximate surface area is 127 Å². The van der Waals surface area contributed by atoms with Gasteiger partial charge in [-0.05, 0) is 48.9 Å². The first-order valence-electron chi connectivity index (χ1n) is 7.29. The normalized spacial score (nSPS) is 19.9. The lowest BCUT2D eigenvalue weighted by Crippen LogP contribution is -2.35. The summed E-state index contributed by atoms with van der Waals surface area (Å²) in [6.45, 7) is 4.19. The Hall–Kier alpha value is -0.950. The van der Waals surface area contributed by atoms with Crippen molar-refractivity contribution in [3.05, 3.63) is 29.3 Å². The van der Waals surface area contributed by atoms with Crippen LogP contribution in [0.4, 0.5) is 0 Å². The third kappa shape index (κ3) is 3.83. The van der Waals surface area contributed by atoms with Crippen LogP contribution in [0.5, 0.6) is 0 Å². The Morgan fingerprint density at radius 2 is 2.19 bits per heavy atom. The summed E-state index contributed by atoms with van der Waals surface area (Å²) < 4.78 is 32.1. The predicted molar refractivity (Wildman–Crippen MR) is 82.4 cm³/mol. The maximum atomic E-state index is 12.6. The topological polar surface area (TPSA) is 72.6 Å². The van der Waals surface area contributed by atoms with Gasteiger partial charge >= 0.3 is 0 Å². The zero-order valence-electron chi connectivity index (χ0n) is 12.7. The van der Waals surface area contributed by atoms with Gasteiger partial charge in [-0.2, -0.15) is 0 Å². The van der Waals surface area contributed by atoms with Crippen LogP contribution in [0.1, 0.15) is 24.0 Å². The van der Waals surface area contributed by atoms with E-state index in [2.05, 4.69) is 0 Å². The van der Waals surface area contributed by atoms with Crippen LogP contribution in [0, 0.1) is 12.8 Å². The number of sulfonamides is 1. The molecule has 1 fully saturated rings. The number of benzene rings is 1. The molecule has 1 saturated heterocycles. The minimum absolute atomic E-state index is 0.276. The van der Waals surface area contributed by atoms with Crippen LogP contribution in [0.25, 0.3) is 0 Å². The number of aryl methyl sites for hydroxylation is 1. The van der Waals surface area contributed by atoms with Gasteiger partial charge in [0.25, 0.3) is 0 Å². The zero-order chi connectivity index (χ0) is 15.5. The van der Waals surface area contributed by atoms with Gasteiger partial charge < -0.3 is 10.5 Å². The molecule has 6 heteroatoms. The van der Waals surface area contributed by atoms with Gasteiger partial charge in [-0.3, -0.25) is 0 Å². The smallest absolute Gasteiger partial charge is 0.242 e. The quantitative estimate of drug-likeness (QED) is 0.894.